The molecule has 1 atom stereocenters. The van der Waals surface area contributed by atoms with Crippen molar-refractivity contribution in [3.8, 4) is 5.75 Å². The van der Waals surface area contributed by atoms with Crippen LogP contribution in [0.15, 0.2) is 24.3 Å². The number of likely N-dealkylation sites (tertiary alicyclic amines) is 2. The van der Waals surface area contributed by atoms with E-state index in [2.05, 4.69) is 21.9 Å². The van der Waals surface area contributed by atoms with Gasteiger partial charge in [-0.25, -0.2) is 0 Å². The van der Waals surface area contributed by atoms with Crippen molar-refractivity contribution in [3.05, 3.63) is 29.8 Å². The number of nitrogens with zero attached hydrogens (tertiary/aromatic N) is 4. The maximum atomic E-state index is 13.1. The van der Waals surface area contributed by atoms with Gasteiger partial charge >= 0.3 is 0 Å². The molecule has 178 valence electrons. The minimum atomic E-state index is 0.174. The second kappa shape index (κ2) is 12.2. The summed E-state index contributed by atoms with van der Waals surface area (Å²) in [5.74, 6) is 1.78. The number of methoxy groups -OCH3 is 1. The first-order valence-electron chi connectivity index (χ1n) is 12.0. The molecule has 0 aliphatic carbocycles. The van der Waals surface area contributed by atoms with Crippen LogP contribution in [0.5, 0.6) is 5.75 Å². The molecule has 0 radical (unpaired) electrons. The van der Waals surface area contributed by atoms with Crippen molar-refractivity contribution < 1.29 is 14.3 Å². The predicted molar refractivity (Wildman–Crippen MR) is 127 cm³/mol. The van der Waals surface area contributed by atoms with Gasteiger partial charge in [0.15, 0.2) is 0 Å². The second-order valence-electron chi connectivity index (χ2n) is 9.43. The summed E-state index contributed by atoms with van der Waals surface area (Å²) in [4.78, 5) is 33.5. The average molecular weight is 445 g/mol. The summed E-state index contributed by atoms with van der Waals surface area (Å²) in [6.45, 7) is 6.69. The van der Waals surface area contributed by atoms with Crippen molar-refractivity contribution in [3.63, 3.8) is 0 Å². The number of hydrogen-bond acceptors (Lipinski definition) is 5. The molecule has 2 amide bonds. The van der Waals surface area contributed by atoms with Crippen LogP contribution in [-0.4, -0.2) is 98.4 Å². The lowest BCUT2D eigenvalue weighted by atomic mass is 9.96. The monoisotopic (exact) mass is 444 g/mol. The van der Waals surface area contributed by atoms with Crippen LogP contribution in [-0.2, 0) is 16.1 Å². The molecule has 1 aromatic rings. The Labute approximate surface area is 193 Å². The molecular weight excluding hydrogens is 404 g/mol. The van der Waals surface area contributed by atoms with Gasteiger partial charge in [0.05, 0.1) is 7.11 Å². The highest BCUT2D eigenvalue weighted by Crippen LogP contribution is 2.24. The maximum Gasteiger partial charge on any atom is 0.224 e. The van der Waals surface area contributed by atoms with Gasteiger partial charge in [-0.15, -0.1) is 0 Å². The molecule has 1 aromatic carbocycles. The van der Waals surface area contributed by atoms with Gasteiger partial charge in [0, 0.05) is 64.2 Å². The standard InChI is InChI=1S/C25H40N4O3/c1-26(2)16-17-29(25(31)12-15-28-14-7-11-24(28)30)19-21-8-6-13-27(18-21)20-22-9-4-5-10-23(22)32-3/h4-5,9-10,21H,6-8,11-20H2,1-3H3. The van der Waals surface area contributed by atoms with Gasteiger partial charge in [-0.3, -0.25) is 14.5 Å². The molecule has 2 aliphatic heterocycles. The Kier molecular flexibility index (Phi) is 9.36. The summed E-state index contributed by atoms with van der Waals surface area (Å²) in [6.07, 6.45) is 4.28. The van der Waals surface area contributed by atoms with Gasteiger partial charge < -0.3 is 19.4 Å². The molecule has 7 nitrogen and oxygen atoms in total. The number of rotatable bonds is 11. The third kappa shape index (κ3) is 7.20. The van der Waals surface area contributed by atoms with Gasteiger partial charge in [0.1, 0.15) is 5.75 Å². The molecule has 2 fully saturated rings. The summed E-state index contributed by atoms with van der Waals surface area (Å²) < 4.78 is 5.53. The first kappa shape index (κ1) is 24.5. The summed E-state index contributed by atoms with van der Waals surface area (Å²) in [5, 5.41) is 0. The molecule has 0 N–H and O–H groups in total. The molecule has 7 heteroatoms. The number of carbonyl (C=O) groups excluding carboxylic acids is 2. The van der Waals surface area contributed by atoms with Crippen LogP contribution in [0.1, 0.15) is 37.7 Å². The SMILES string of the molecule is COc1ccccc1CN1CCCC(CN(CCN(C)C)C(=O)CCN2CCCC2=O)C1. The lowest BCUT2D eigenvalue weighted by Crippen LogP contribution is -2.45. The summed E-state index contributed by atoms with van der Waals surface area (Å²) >= 11 is 0. The number of amides is 2. The van der Waals surface area contributed by atoms with Gasteiger partial charge in [-0.1, -0.05) is 18.2 Å². The molecule has 2 heterocycles. The van der Waals surface area contributed by atoms with Crippen LogP contribution in [0.4, 0.5) is 0 Å². The van der Waals surface area contributed by atoms with Crippen LogP contribution >= 0.6 is 0 Å². The number of carbonyl (C=O) groups is 2. The number of para-hydroxylation sites is 1. The smallest absolute Gasteiger partial charge is 0.224 e. The Hall–Kier alpha value is -2.12. The van der Waals surface area contributed by atoms with Crippen LogP contribution < -0.4 is 4.74 Å². The van der Waals surface area contributed by atoms with E-state index >= 15 is 0 Å². The Balaban J connectivity index is 1.56. The number of benzene rings is 1. The third-order valence-corrected chi connectivity index (χ3v) is 6.60. The maximum absolute atomic E-state index is 13.1. The fourth-order valence-corrected chi connectivity index (χ4v) is 4.80. The predicted octanol–water partition coefficient (Wildman–Crippen LogP) is 2.31. The van der Waals surface area contributed by atoms with Crippen molar-refractivity contribution in [1.29, 1.82) is 0 Å². The van der Waals surface area contributed by atoms with E-state index in [1.165, 1.54) is 5.56 Å². The summed E-state index contributed by atoms with van der Waals surface area (Å²) in [7, 11) is 5.81. The van der Waals surface area contributed by atoms with Gasteiger partial charge in [-0.2, -0.15) is 0 Å². The first-order valence-corrected chi connectivity index (χ1v) is 12.0. The van der Waals surface area contributed by atoms with Crippen LogP contribution in [0.25, 0.3) is 0 Å². The topological polar surface area (TPSA) is 56.3 Å². The highest BCUT2D eigenvalue weighted by atomic mass is 16.5. The van der Waals surface area contributed by atoms with Crippen molar-refractivity contribution in [2.45, 2.75) is 38.6 Å². The molecule has 32 heavy (non-hydrogen) atoms. The fraction of sp³-hybridized carbons (Fsp3) is 0.680. The van der Waals surface area contributed by atoms with Gasteiger partial charge in [-0.05, 0) is 51.9 Å². The molecule has 2 aliphatic rings. The van der Waals surface area contributed by atoms with Gasteiger partial charge in [0.2, 0.25) is 11.8 Å². The highest BCUT2D eigenvalue weighted by Gasteiger charge is 2.26. The van der Waals surface area contributed by atoms with Crippen LogP contribution in [0.3, 0.4) is 0 Å². The van der Waals surface area contributed by atoms with Crippen molar-refractivity contribution in [2.24, 2.45) is 5.92 Å². The van der Waals surface area contributed by atoms with E-state index < -0.39 is 0 Å². The number of ether oxygens (including phenoxy) is 1. The largest absolute Gasteiger partial charge is 0.496 e. The van der Waals surface area contributed by atoms with Crippen molar-refractivity contribution in [1.82, 2.24) is 19.6 Å². The Morgan fingerprint density at radius 3 is 2.69 bits per heavy atom. The molecule has 0 spiro atoms. The number of piperidine rings is 1. The molecule has 0 aromatic heterocycles. The zero-order valence-electron chi connectivity index (χ0n) is 20.1. The van der Waals surface area contributed by atoms with Gasteiger partial charge in [0.25, 0.3) is 0 Å². The van der Waals surface area contributed by atoms with E-state index in [1.807, 2.05) is 36.0 Å². The second-order valence-corrected chi connectivity index (χ2v) is 9.43. The lowest BCUT2D eigenvalue weighted by molar-refractivity contribution is -0.133. The van der Waals surface area contributed by atoms with Crippen LogP contribution in [0.2, 0.25) is 0 Å². The normalized spacial score (nSPS) is 19.6. The van der Waals surface area contributed by atoms with E-state index in [4.69, 9.17) is 4.74 Å². The van der Waals surface area contributed by atoms with Crippen LogP contribution in [0, 0.1) is 5.92 Å². The minimum Gasteiger partial charge on any atom is -0.496 e. The zero-order chi connectivity index (χ0) is 22.9. The zero-order valence-corrected chi connectivity index (χ0v) is 20.1. The Morgan fingerprint density at radius 1 is 1.16 bits per heavy atom. The fourth-order valence-electron chi connectivity index (χ4n) is 4.80. The van der Waals surface area contributed by atoms with E-state index in [1.54, 1.807) is 7.11 Å². The van der Waals surface area contributed by atoms with Crippen molar-refractivity contribution in [2.75, 3.05) is 67.0 Å². The Morgan fingerprint density at radius 2 is 1.97 bits per heavy atom. The molecule has 2 saturated heterocycles. The molecular formula is C25H40N4O3. The lowest BCUT2D eigenvalue weighted by Gasteiger charge is -2.36. The van der Waals surface area contributed by atoms with E-state index in [-0.39, 0.29) is 11.8 Å². The summed E-state index contributed by atoms with van der Waals surface area (Å²) in [6, 6.07) is 8.22. The quantitative estimate of drug-likeness (QED) is 0.524. The Bertz CT molecular complexity index is 754. The summed E-state index contributed by atoms with van der Waals surface area (Å²) in [5.41, 5.74) is 1.21. The molecule has 1 unspecified atom stereocenters. The molecule has 0 bridgehead atoms. The molecule has 0 saturated carbocycles. The highest BCUT2D eigenvalue weighted by molar-refractivity contribution is 5.80. The van der Waals surface area contributed by atoms with E-state index in [0.29, 0.717) is 25.3 Å². The average Bonchev–Trinajstić information content (AvgIpc) is 3.20. The van der Waals surface area contributed by atoms with E-state index in [9.17, 15) is 9.59 Å². The molecule has 3 rings (SSSR count). The minimum absolute atomic E-state index is 0.174. The van der Waals surface area contributed by atoms with Crippen molar-refractivity contribution >= 4 is 11.8 Å². The third-order valence-electron chi connectivity index (χ3n) is 6.60. The number of hydrogen-bond donors (Lipinski definition) is 0. The first-order chi connectivity index (χ1) is 15.5. The van der Waals surface area contributed by atoms with E-state index in [0.717, 1.165) is 70.8 Å². The number of likely N-dealkylation sites (N-methyl/N-ethyl adjacent to an activating group) is 1.